The molecule has 0 spiro atoms. The van der Waals surface area contributed by atoms with Crippen molar-refractivity contribution in [3.05, 3.63) is 82.7 Å². The summed E-state index contributed by atoms with van der Waals surface area (Å²) in [6.45, 7) is 6.89. The van der Waals surface area contributed by atoms with Gasteiger partial charge in [-0.05, 0) is 62.6 Å². The minimum atomic E-state index is 0.0696. The minimum Gasteiger partial charge on any atom is -0.305 e. The van der Waals surface area contributed by atoms with Crippen molar-refractivity contribution >= 4 is 11.6 Å². The van der Waals surface area contributed by atoms with Gasteiger partial charge in [0.05, 0.1) is 12.2 Å². The van der Waals surface area contributed by atoms with Crippen molar-refractivity contribution in [2.75, 3.05) is 4.90 Å². The Balaban J connectivity index is 1.55. The van der Waals surface area contributed by atoms with Crippen LogP contribution in [0.5, 0.6) is 0 Å². The number of amides is 1. The number of benzene rings is 2. The molecule has 0 fully saturated rings. The molecule has 2 aromatic carbocycles. The maximum absolute atomic E-state index is 13.1. The Labute approximate surface area is 154 Å². The Hall–Kier alpha value is -2.88. The molecule has 1 atom stereocenters. The molecule has 0 saturated carbocycles. The maximum atomic E-state index is 13.1. The summed E-state index contributed by atoms with van der Waals surface area (Å²) in [6, 6.07) is 18.3. The first-order valence-electron chi connectivity index (χ1n) is 9.04. The molecular weight excluding hydrogens is 322 g/mol. The molecule has 0 radical (unpaired) electrons. The van der Waals surface area contributed by atoms with Crippen molar-refractivity contribution in [3.63, 3.8) is 0 Å². The average Bonchev–Trinajstić information content (AvgIpc) is 3.12. The van der Waals surface area contributed by atoms with E-state index in [1.54, 1.807) is 0 Å². The summed E-state index contributed by atoms with van der Waals surface area (Å²) < 4.78 is 1.99. The summed E-state index contributed by atoms with van der Waals surface area (Å²) >= 11 is 0. The van der Waals surface area contributed by atoms with Crippen LogP contribution < -0.4 is 4.90 Å². The van der Waals surface area contributed by atoms with E-state index in [-0.39, 0.29) is 11.9 Å². The van der Waals surface area contributed by atoms with Gasteiger partial charge < -0.3 is 4.90 Å². The van der Waals surface area contributed by atoms with Crippen LogP contribution in [0, 0.1) is 13.8 Å². The Bertz CT molecular complexity index is 956. The van der Waals surface area contributed by atoms with E-state index in [0.29, 0.717) is 0 Å². The van der Waals surface area contributed by atoms with Crippen LogP contribution in [0.15, 0.2) is 54.6 Å². The van der Waals surface area contributed by atoms with Gasteiger partial charge in [0.25, 0.3) is 5.91 Å². The molecule has 0 saturated heterocycles. The Morgan fingerprint density at radius 1 is 1.12 bits per heavy atom. The Morgan fingerprint density at radius 3 is 2.54 bits per heavy atom. The number of carbonyl (C=O) groups is 1. The summed E-state index contributed by atoms with van der Waals surface area (Å²) in [7, 11) is 0. The number of aryl methyl sites for hydroxylation is 2. The second-order valence-electron chi connectivity index (χ2n) is 7.14. The predicted octanol–water partition coefficient (Wildman–Crippen LogP) is 4.14. The van der Waals surface area contributed by atoms with Gasteiger partial charge in [-0.25, -0.2) is 0 Å². The first-order chi connectivity index (χ1) is 12.5. The van der Waals surface area contributed by atoms with Gasteiger partial charge in [-0.1, -0.05) is 30.3 Å². The van der Waals surface area contributed by atoms with Crippen LogP contribution in [0.2, 0.25) is 0 Å². The fourth-order valence-electron chi connectivity index (χ4n) is 3.77. The lowest BCUT2D eigenvalue weighted by Gasteiger charge is -2.23. The number of anilines is 1. The Kier molecular flexibility index (Phi) is 4.11. The quantitative estimate of drug-likeness (QED) is 0.715. The van der Waals surface area contributed by atoms with Gasteiger partial charge in [-0.2, -0.15) is 5.10 Å². The van der Waals surface area contributed by atoms with Gasteiger partial charge in [0.2, 0.25) is 0 Å². The highest BCUT2D eigenvalue weighted by Gasteiger charge is 2.31. The van der Waals surface area contributed by atoms with E-state index >= 15 is 0 Å². The third-order valence-electron chi connectivity index (χ3n) is 5.06. The molecule has 4 heteroatoms. The van der Waals surface area contributed by atoms with Gasteiger partial charge in [-0.3, -0.25) is 9.48 Å². The second-order valence-corrected chi connectivity index (χ2v) is 7.14. The highest BCUT2D eigenvalue weighted by molar-refractivity contribution is 6.07. The highest BCUT2D eigenvalue weighted by atomic mass is 16.2. The monoisotopic (exact) mass is 345 g/mol. The van der Waals surface area contributed by atoms with Crippen LogP contribution in [-0.2, 0) is 13.0 Å². The van der Waals surface area contributed by atoms with Gasteiger partial charge in [0.1, 0.15) is 0 Å². The fourth-order valence-corrected chi connectivity index (χ4v) is 3.77. The molecular formula is C22H23N3O. The standard InChI is InChI=1S/C22H23N3O/c1-15-12-16(2)24(23-15)14-18-8-10-19(11-9-18)22(26)25-17(3)13-20-6-4-5-7-21(20)25/h4-12,17H,13-14H2,1-3H3. The van der Waals surface area contributed by atoms with E-state index in [4.69, 9.17) is 0 Å². The van der Waals surface area contributed by atoms with Crippen molar-refractivity contribution in [2.45, 2.75) is 39.8 Å². The van der Waals surface area contributed by atoms with Crippen molar-refractivity contribution in [1.82, 2.24) is 9.78 Å². The molecule has 4 nitrogen and oxygen atoms in total. The van der Waals surface area contributed by atoms with Gasteiger partial charge >= 0.3 is 0 Å². The molecule has 0 N–H and O–H groups in total. The van der Waals surface area contributed by atoms with Gasteiger partial charge in [0.15, 0.2) is 0 Å². The topological polar surface area (TPSA) is 38.1 Å². The van der Waals surface area contributed by atoms with Crippen LogP contribution in [-0.4, -0.2) is 21.7 Å². The number of para-hydroxylation sites is 1. The van der Waals surface area contributed by atoms with Crippen LogP contribution in [0.4, 0.5) is 5.69 Å². The van der Waals surface area contributed by atoms with Crippen LogP contribution in [0.25, 0.3) is 0 Å². The first-order valence-corrected chi connectivity index (χ1v) is 9.04. The minimum absolute atomic E-state index is 0.0696. The number of hydrogen-bond acceptors (Lipinski definition) is 2. The SMILES string of the molecule is Cc1cc(C)n(Cc2ccc(C(=O)N3c4ccccc4CC3C)cc2)n1. The van der Waals surface area contributed by atoms with E-state index in [1.165, 1.54) is 5.56 Å². The predicted molar refractivity (Wildman–Crippen MR) is 104 cm³/mol. The third-order valence-corrected chi connectivity index (χ3v) is 5.06. The summed E-state index contributed by atoms with van der Waals surface area (Å²) in [5.41, 5.74) is 6.32. The molecule has 0 bridgehead atoms. The number of nitrogens with zero attached hydrogens (tertiary/aromatic N) is 3. The normalized spacial score (nSPS) is 16.0. The smallest absolute Gasteiger partial charge is 0.258 e. The van der Waals surface area contributed by atoms with E-state index in [0.717, 1.165) is 41.2 Å². The Morgan fingerprint density at radius 2 is 1.85 bits per heavy atom. The number of fused-ring (bicyclic) bond motifs is 1. The number of hydrogen-bond donors (Lipinski definition) is 0. The van der Waals surface area contributed by atoms with Crippen LogP contribution in [0.3, 0.4) is 0 Å². The summed E-state index contributed by atoms with van der Waals surface area (Å²) in [5.74, 6) is 0.0696. The molecule has 26 heavy (non-hydrogen) atoms. The zero-order valence-corrected chi connectivity index (χ0v) is 15.4. The molecule has 2 heterocycles. The molecule has 1 aromatic heterocycles. The maximum Gasteiger partial charge on any atom is 0.258 e. The molecule has 1 amide bonds. The van der Waals surface area contributed by atoms with Crippen molar-refractivity contribution in [2.24, 2.45) is 0 Å². The fraction of sp³-hybridized carbons (Fsp3) is 0.273. The molecule has 4 rings (SSSR count). The van der Waals surface area contributed by atoms with Crippen LogP contribution >= 0.6 is 0 Å². The van der Waals surface area contributed by atoms with Gasteiger partial charge in [0, 0.05) is 23.0 Å². The van der Waals surface area contributed by atoms with E-state index in [1.807, 2.05) is 59.0 Å². The highest BCUT2D eigenvalue weighted by Crippen LogP contribution is 2.33. The second kappa shape index (κ2) is 6.45. The van der Waals surface area contributed by atoms with E-state index in [9.17, 15) is 4.79 Å². The zero-order valence-electron chi connectivity index (χ0n) is 15.4. The molecule has 1 aliphatic rings. The first kappa shape index (κ1) is 16.6. The van der Waals surface area contributed by atoms with Crippen LogP contribution in [0.1, 0.15) is 39.8 Å². The lowest BCUT2D eigenvalue weighted by Crippen LogP contribution is -2.35. The van der Waals surface area contributed by atoms with Crippen molar-refractivity contribution < 1.29 is 4.79 Å². The molecule has 3 aromatic rings. The van der Waals surface area contributed by atoms with E-state index < -0.39 is 0 Å². The van der Waals surface area contributed by atoms with Crippen molar-refractivity contribution in [3.8, 4) is 0 Å². The molecule has 132 valence electrons. The summed E-state index contributed by atoms with van der Waals surface area (Å²) in [4.78, 5) is 15.0. The van der Waals surface area contributed by atoms with Crippen molar-refractivity contribution in [1.29, 1.82) is 0 Å². The number of rotatable bonds is 3. The average molecular weight is 345 g/mol. The largest absolute Gasteiger partial charge is 0.305 e. The number of aromatic nitrogens is 2. The molecule has 1 aliphatic heterocycles. The zero-order chi connectivity index (χ0) is 18.3. The molecule has 0 aliphatic carbocycles. The molecule has 1 unspecified atom stereocenters. The summed E-state index contributed by atoms with van der Waals surface area (Å²) in [5, 5.41) is 4.50. The third kappa shape index (κ3) is 2.92. The number of carbonyl (C=O) groups excluding carboxylic acids is 1. The van der Waals surface area contributed by atoms with E-state index in [2.05, 4.69) is 31.1 Å². The lowest BCUT2D eigenvalue weighted by atomic mass is 10.1. The van der Waals surface area contributed by atoms with Gasteiger partial charge in [-0.15, -0.1) is 0 Å². The lowest BCUT2D eigenvalue weighted by molar-refractivity contribution is 0.0981. The summed E-state index contributed by atoms with van der Waals surface area (Å²) in [6.07, 6.45) is 0.915.